The van der Waals surface area contributed by atoms with E-state index < -0.39 is 11.6 Å². The zero-order valence-electron chi connectivity index (χ0n) is 8.93. The highest BCUT2D eigenvalue weighted by molar-refractivity contribution is 5.57. The van der Waals surface area contributed by atoms with E-state index >= 15 is 0 Å². The van der Waals surface area contributed by atoms with Gasteiger partial charge in [-0.3, -0.25) is 0 Å². The van der Waals surface area contributed by atoms with Crippen LogP contribution in [0.1, 0.15) is 6.42 Å². The molecule has 0 aromatic heterocycles. The summed E-state index contributed by atoms with van der Waals surface area (Å²) in [6.07, 6.45) is 0.562. The second-order valence-corrected chi connectivity index (χ2v) is 3.62. The van der Waals surface area contributed by atoms with Crippen LogP contribution in [0.15, 0.2) is 12.1 Å². The molecule has 88 valence electrons. The normalized spacial score (nSPS) is 19.8. The van der Waals surface area contributed by atoms with E-state index in [2.05, 4.69) is 5.32 Å². The van der Waals surface area contributed by atoms with Gasteiger partial charge in [0.1, 0.15) is 11.9 Å². The molecule has 1 aliphatic rings. The lowest BCUT2D eigenvalue weighted by Gasteiger charge is -2.16. The third-order valence-corrected chi connectivity index (χ3v) is 2.45. The molecule has 0 saturated carbocycles. The number of hydrogen-bond acceptors (Lipinski definition) is 3. The molecule has 2 rings (SSSR count). The first-order chi connectivity index (χ1) is 7.70. The Bertz CT molecular complexity index is 378. The van der Waals surface area contributed by atoms with Gasteiger partial charge in [0.05, 0.1) is 18.9 Å². The topological polar surface area (TPSA) is 30.5 Å². The summed E-state index contributed by atoms with van der Waals surface area (Å²) < 4.78 is 37.0. The van der Waals surface area contributed by atoms with Crippen molar-refractivity contribution in [1.82, 2.24) is 0 Å². The van der Waals surface area contributed by atoms with Gasteiger partial charge in [0.15, 0.2) is 11.6 Å². The van der Waals surface area contributed by atoms with E-state index in [-0.39, 0.29) is 11.9 Å². The van der Waals surface area contributed by atoms with Crippen molar-refractivity contribution >= 4 is 5.69 Å². The SMILES string of the molecule is CNc1cc(F)cc(F)c1OC1CCOC1. The number of nitrogens with one attached hydrogen (secondary N) is 1. The fraction of sp³-hybridized carbons (Fsp3) is 0.455. The zero-order valence-corrected chi connectivity index (χ0v) is 8.93. The highest BCUT2D eigenvalue weighted by atomic mass is 19.1. The van der Waals surface area contributed by atoms with Crippen LogP contribution in [-0.4, -0.2) is 26.4 Å². The van der Waals surface area contributed by atoms with Gasteiger partial charge in [0, 0.05) is 25.6 Å². The molecular weight excluding hydrogens is 216 g/mol. The van der Waals surface area contributed by atoms with Crippen LogP contribution in [0.3, 0.4) is 0 Å². The van der Waals surface area contributed by atoms with Gasteiger partial charge in [-0.05, 0) is 0 Å². The minimum Gasteiger partial charge on any atom is -0.483 e. The summed E-state index contributed by atoms with van der Waals surface area (Å²) in [6.45, 7) is 1.06. The summed E-state index contributed by atoms with van der Waals surface area (Å²) in [5.41, 5.74) is 0.310. The minimum atomic E-state index is -0.698. The number of hydrogen-bond donors (Lipinski definition) is 1. The molecule has 1 saturated heterocycles. The predicted molar refractivity (Wildman–Crippen MR) is 55.8 cm³/mol. The average Bonchev–Trinajstić information content (AvgIpc) is 2.74. The Balaban J connectivity index is 2.23. The van der Waals surface area contributed by atoms with E-state index in [9.17, 15) is 8.78 Å². The first-order valence-electron chi connectivity index (χ1n) is 5.12. The van der Waals surface area contributed by atoms with Gasteiger partial charge in [0.2, 0.25) is 0 Å². The number of halogens is 2. The largest absolute Gasteiger partial charge is 0.483 e. The Morgan fingerprint density at radius 2 is 2.25 bits per heavy atom. The Morgan fingerprint density at radius 3 is 2.88 bits per heavy atom. The lowest BCUT2D eigenvalue weighted by Crippen LogP contribution is -2.17. The zero-order chi connectivity index (χ0) is 11.5. The maximum absolute atomic E-state index is 13.5. The Labute approximate surface area is 92.4 Å². The highest BCUT2D eigenvalue weighted by Gasteiger charge is 2.21. The first kappa shape index (κ1) is 11.1. The fourth-order valence-corrected chi connectivity index (χ4v) is 1.64. The van der Waals surface area contributed by atoms with Gasteiger partial charge >= 0.3 is 0 Å². The Kier molecular flexibility index (Phi) is 3.24. The lowest BCUT2D eigenvalue weighted by atomic mass is 10.2. The molecule has 16 heavy (non-hydrogen) atoms. The number of rotatable bonds is 3. The van der Waals surface area contributed by atoms with Crippen molar-refractivity contribution in [2.45, 2.75) is 12.5 Å². The number of benzene rings is 1. The van der Waals surface area contributed by atoms with Gasteiger partial charge < -0.3 is 14.8 Å². The van der Waals surface area contributed by atoms with Gasteiger partial charge in [-0.15, -0.1) is 0 Å². The van der Waals surface area contributed by atoms with Gasteiger partial charge in [-0.2, -0.15) is 0 Å². The number of ether oxygens (including phenoxy) is 2. The molecule has 1 heterocycles. The van der Waals surface area contributed by atoms with Crippen molar-refractivity contribution in [3.63, 3.8) is 0 Å². The molecule has 1 aliphatic heterocycles. The highest BCUT2D eigenvalue weighted by Crippen LogP contribution is 2.30. The molecule has 0 spiro atoms. The van der Waals surface area contributed by atoms with Crippen LogP contribution in [0.4, 0.5) is 14.5 Å². The molecule has 1 fully saturated rings. The van der Waals surface area contributed by atoms with Gasteiger partial charge in [0.25, 0.3) is 0 Å². The summed E-state index contributed by atoms with van der Waals surface area (Å²) >= 11 is 0. The van der Waals surface area contributed by atoms with Crippen molar-refractivity contribution < 1.29 is 18.3 Å². The summed E-state index contributed by atoms with van der Waals surface area (Å²) in [5.74, 6) is -1.27. The molecule has 1 N–H and O–H groups in total. The molecule has 0 amide bonds. The van der Waals surface area contributed by atoms with E-state index in [1.165, 1.54) is 6.07 Å². The van der Waals surface area contributed by atoms with Gasteiger partial charge in [-0.25, -0.2) is 8.78 Å². The molecule has 0 bridgehead atoms. The average molecular weight is 229 g/mol. The predicted octanol–water partition coefficient (Wildman–Crippen LogP) is 2.17. The smallest absolute Gasteiger partial charge is 0.178 e. The van der Waals surface area contributed by atoms with Crippen LogP contribution in [0.25, 0.3) is 0 Å². The third kappa shape index (κ3) is 2.24. The molecule has 1 atom stereocenters. The Morgan fingerprint density at radius 1 is 1.44 bits per heavy atom. The first-order valence-corrected chi connectivity index (χ1v) is 5.12. The summed E-state index contributed by atoms with van der Waals surface area (Å²) in [7, 11) is 1.59. The monoisotopic (exact) mass is 229 g/mol. The standard InChI is InChI=1S/C11H13F2NO2/c1-14-10-5-7(12)4-9(13)11(10)16-8-2-3-15-6-8/h4-5,8,14H,2-3,6H2,1H3. The van der Waals surface area contributed by atoms with E-state index in [0.717, 1.165) is 12.5 Å². The van der Waals surface area contributed by atoms with Crippen LogP contribution in [0, 0.1) is 11.6 Å². The third-order valence-electron chi connectivity index (χ3n) is 2.45. The maximum atomic E-state index is 13.5. The van der Waals surface area contributed by atoms with Crippen molar-refractivity contribution in [3.8, 4) is 5.75 Å². The van der Waals surface area contributed by atoms with E-state index in [4.69, 9.17) is 9.47 Å². The molecule has 1 unspecified atom stereocenters. The minimum absolute atomic E-state index is 0.0550. The van der Waals surface area contributed by atoms with E-state index in [1.54, 1.807) is 7.05 Å². The van der Waals surface area contributed by atoms with Gasteiger partial charge in [-0.1, -0.05) is 0 Å². The summed E-state index contributed by atoms with van der Waals surface area (Å²) in [5, 5.41) is 2.71. The van der Waals surface area contributed by atoms with Crippen molar-refractivity contribution in [2.24, 2.45) is 0 Å². The van der Waals surface area contributed by atoms with Crippen LogP contribution in [0.5, 0.6) is 5.75 Å². The molecule has 1 aromatic rings. The summed E-state index contributed by atoms with van der Waals surface area (Å²) in [6, 6.07) is 2.01. The maximum Gasteiger partial charge on any atom is 0.178 e. The van der Waals surface area contributed by atoms with E-state index in [0.29, 0.717) is 18.9 Å². The van der Waals surface area contributed by atoms with Crippen LogP contribution in [-0.2, 0) is 4.74 Å². The molecule has 0 aliphatic carbocycles. The lowest BCUT2D eigenvalue weighted by molar-refractivity contribution is 0.138. The fourth-order valence-electron chi connectivity index (χ4n) is 1.64. The van der Waals surface area contributed by atoms with Crippen molar-refractivity contribution in [2.75, 3.05) is 25.6 Å². The molecular formula is C11H13F2NO2. The van der Waals surface area contributed by atoms with Crippen molar-refractivity contribution in [1.29, 1.82) is 0 Å². The van der Waals surface area contributed by atoms with Crippen LogP contribution < -0.4 is 10.1 Å². The molecule has 1 aromatic carbocycles. The second-order valence-electron chi connectivity index (χ2n) is 3.62. The molecule has 5 heteroatoms. The molecule has 0 radical (unpaired) electrons. The molecule has 3 nitrogen and oxygen atoms in total. The summed E-state index contributed by atoms with van der Waals surface area (Å²) in [4.78, 5) is 0. The van der Waals surface area contributed by atoms with Crippen molar-refractivity contribution in [3.05, 3.63) is 23.8 Å². The van der Waals surface area contributed by atoms with Crippen LogP contribution in [0.2, 0.25) is 0 Å². The quantitative estimate of drug-likeness (QED) is 0.861. The van der Waals surface area contributed by atoms with Crippen LogP contribution >= 0.6 is 0 Å². The second kappa shape index (κ2) is 4.65. The van der Waals surface area contributed by atoms with E-state index in [1.807, 2.05) is 0 Å². The number of anilines is 1. The Hall–Kier alpha value is -1.36.